The molecule has 3 rings (SSSR count). The molecule has 0 saturated heterocycles. The number of nitrogens with one attached hydrogen (secondary N) is 1. The number of esters is 2. The molecule has 1 amide bonds. The lowest BCUT2D eigenvalue weighted by Crippen LogP contribution is -2.48. The first-order valence-corrected chi connectivity index (χ1v) is 11.1. The van der Waals surface area contributed by atoms with Crippen molar-refractivity contribution in [3.05, 3.63) is 83.9 Å². The minimum atomic E-state index is -2.19. The Morgan fingerprint density at radius 2 is 1.13 bits per heavy atom. The third kappa shape index (κ3) is 7.00. The first-order valence-electron chi connectivity index (χ1n) is 11.1. The lowest BCUT2D eigenvalue weighted by Gasteiger charge is -2.23. The fourth-order valence-corrected chi connectivity index (χ4v) is 3.25. The molecule has 0 spiro atoms. The van der Waals surface area contributed by atoms with Crippen LogP contribution >= 0.6 is 0 Å². The van der Waals surface area contributed by atoms with E-state index in [9.17, 15) is 24.3 Å². The largest absolute Gasteiger partial charge is 0.497 e. The normalized spacial score (nSPS) is 11.9. The number of amides is 1. The van der Waals surface area contributed by atoms with Crippen molar-refractivity contribution in [1.82, 2.24) is 0 Å². The minimum absolute atomic E-state index is 0.0186. The zero-order chi connectivity index (χ0) is 27.7. The Kier molecular flexibility index (Phi) is 9.25. The van der Waals surface area contributed by atoms with Gasteiger partial charge in [-0.15, -0.1) is 0 Å². The maximum absolute atomic E-state index is 13.2. The van der Waals surface area contributed by atoms with Gasteiger partial charge < -0.3 is 34.1 Å². The van der Waals surface area contributed by atoms with E-state index >= 15 is 0 Å². The van der Waals surface area contributed by atoms with Gasteiger partial charge in [-0.05, 0) is 60.7 Å². The Morgan fingerprint density at radius 3 is 1.58 bits per heavy atom. The summed E-state index contributed by atoms with van der Waals surface area (Å²) in [7, 11) is 4.26. The number of anilines is 1. The van der Waals surface area contributed by atoms with E-state index in [1.54, 1.807) is 24.3 Å². The number of methoxy groups -OCH3 is 3. The summed E-state index contributed by atoms with van der Waals surface area (Å²) in [4.78, 5) is 51.1. The number of rotatable bonds is 11. The molecule has 0 aromatic heterocycles. The van der Waals surface area contributed by atoms with Crippen molar-refractivity contribution in [2.24, 2.45) is 0 Å². The molecule has 0 aliphatic heterocycles. The number of carbonyl (C=O) groups is 4. The topological polar surface area (TPSA) is 147 Å². The van der Waals surface area contributed by atoms with Gasteiger partial charge in [-0.25, -0.2) is 14.4 Å². The van der Waals surface area contributed by atoms with Crippen LogP contribution in [0.25, 0.3) is 0 Å². The summed E-state index contributed by atoms with van der Waals surface area (Å²) in [5, 5.41) is 12.3. The first-order chi connectivity index (χ1) is 18.2. The van der Waals surface area contributed by atoms with E-state index in [0.29, 0.717) is 17.2 Å². The predicted molar refractivity (Wildman–Crippen MR) is 134 cm³/mol. The fraction of sp³-hybridized carbons (Fsp3) is 0.185. The van der Waals surface area contributed by atoms with Gasteiger partial charge in [0.15, 0.2) is 0 Å². The number of ether oxygens (including phenoxy) is 5. The molecule has 0 aliphatic rings. The quantitative estimate of drug-likeness (QED) is 0.359. The third-order valence-electron chi connectivity index (χ3n) is 5.21. The second kappa shape index (κ2) is 12.8. The summed E-state index contributed by atoms with van der Waals surface area (Å²) in [6.07, 6.45) is -4.26. The lowest BCUT2D eigenvalue weighted by molar-refractivity contribution is -0.157. The van der Waals surface area contributed by atoms with E-state index in [1.165, 1.54) is 69.9 Å². The van der Waals surface area contributed by atoms with E-state index in [0.717, 1.165) is 0 Å². The van der Waals surface area contributed by atoms with Crippen LogP contribution in [-0.4, -0.2) is 62.5 Å². The standard InChI is InChI=1S/C27H25NO10/c1-34-19-12-10-18(11-13-19)28-24(29)22(37-26(32)16-6-4-8-20(14-16)35-2)23(25(30)31)38-27(33)17-7-5-9-21(15-17)36-3/h4-15,22-23H,1-3H3,(H,28,29)(H,30,31)/t22-,23-/m1/s1. The van der Waals surface area contributed by atoms with Crippen molar-refractivity contribution in [2.45, 2.75) is 12.2 Å². The number of carbonyl (C=O) groups excluding carboxylic acids is 3. The number of carboxylic acid groups (broad SMARTS) is 1. The smallest absolute Gasteiger partial charge is 0.349 e. The molecular weight excluding hydrogens is 498 g/mol. The molecule has 38 heavy (non-hydrogen) atoms. The molecule has 11 heteroatoms. The van der Waals surface area contributed by atoms with E-state index in [1.807, 2.05) is 0 Å². The number of carboxylic acids is 1. The zero-order valence-electron chi connectivity index (χ0n) is 20.7. The van der Waals surface area contributed by atoms with Gasteiger partial charge >= 0.3 is 17.9 Å². The van der Waals surface area contributed by atoms with Gasteiger partial charge in [0.05, 0.1) is 32.5 Å². The third-order valence-corrected chi connectivity index (χ3v) is 5.21. The summed E-state index contributed by atoms with van der Waals surface area (Å²) in [5.41, 5.74) is 0.195. The Hall–Kier alpha value is -5.06. The van der Waals surface area contributed by atoms with Crippen molar-refractivity contribution in [1.29, 1.82) is 0 Å². The second-order valence-corrected chi connectivity index (χ2v) is 7.67. The van der Waals surface area contributed by atoms with Gasteiger partial charge in [0.2, 0.25) is 12.2 Å². The molecule has 3 aromatic carbocycles. The summed E-state index contributed by atoms with van der Waals surface area (Å²) >= 11 is 0. The van der Waals surface area contributed by atoms with Crippen LogP contribution in [0.3, 0.4) is 0 Å². The highest BCUT2D eigenvalue weighted by molar-refractivity contribution is 6.01. The Bertz CT molecular complexity index is 1310. The molecule has 0 unspecified atom stereocenters. The Morgan fingerprint density at radius 1 is 0.658 bits per heavy atom. The van der Waals surface area contributed by atoms with Crippen molar-refractivity contribution >= 4 is 29.5 Å². The minimum Gasteiger partial charge on any atom is -0.497 e. The van der Waals surface area contributed by atoms with Gasteiger partial charge in [0.25, 0.3) is 5.91 Å². The predicted octanol–water partition coefficient (Wildman–Crippen LogP) is 3.19. The molecule has 2 N–H and O–H groups in total. The van der Waals surface area contributed by atoms with E-state index in [4.69, 9.17) is 23.7 Å². The molecule has 2 atom stereocenters. The van der Waals surface area contributed by atoms with E-state index < -0.39 is 36.0 Å². The average molecular weight is 523 g/mol. The van der Waals surface area contributed by atoms with Crippen LogP contribution in [0, 0.1) is 0 Å². The van der Waals surface area contributed by atoms with Gasteiger partial charge in [0.1, 0.15) is 17.2 Å². The van der Waals surface area contributed by atoms with Crippen molar-refractivity contribution in [3.63, 3.8) is 0 Å². The Balaban J connectivity index is 1.92. The molecule has 0 aliphatic carbocycles. The number of hydrogen-bond acceptors (Lipinski definition) is 9. The van der Waals surface area contributed by atoms with Gasteiger partial charge in [-0.1, -0.05) is 12.1 Å². The molecule has 0 radical (unpaired) electrons. The van der Waals surface area contributed by atoms with Crippen LogP contribution < -0.4 is 19.5 Å². The lowest BCUT2D eigenvalue weighted by atomic mass is 10.1. The molecule has 0 fully saturated rings. The molecule has 198 valence electrons. The SMILES string of the molecule is COc1ccc(NC(=O)[C@H](OC(=O)c2cccc(OC)c2)[C@@H](OC(=O)c2cccc(OC)c2)C(=O)O)cc1. The zero-order valence-corrected chi connectivity index (χ0v) is 20.7. The first kappa shape index (κ1) is 27.5. The maximum Gasteiger partial charge on any atom is 0.349 e. The van der Waals surface area contributed by atoms with E-state index in [-0.39, 0.29) is 16.8 Å². The molecular formula is C27H25NO10. The summed E-state index contributed by atoms with van der Waals surface area (Å²) in [6.45, 7) is 0. The van der Waals surface area contributed by atoms with Crippen LogP contribution in [0.4, 0.5) is 5.69 Å². The van der Waals surface area contributed by atoms with Crippen LogP contribution in [0.5, 0.6) is 17.2 Å². The second-order valence-electron chi connectivity index (χ2n) is 7.67. The van der Waals surface area contributed by atoms with Crippen molar-refractivity contribution < 1.29 is 48.0 Å². The molecule has 0 heterocycles. The van der Waals surface area contributed by atoms with Gasteiger partial charge in [0, 0.05) is 5.69 Å². The maximum atomic E-state index is 13.2. The van der Waals surface area contributed by atoms with Gasteiger partial charge in [-0.2, -0.15) is 0 Å². The highest BCUT2D eigenvalue weighted by Crippen LogP contribution is 2.20. The van der Waals surface area contributed by atoms with Crippen LogP contribution in [0.2, 0.25) is 0 Å². The van der Waals surface area contributed by atoms with Crippen LogP contribution in [0.1, 0.15) is 20.7 Å². The van der Waals surface area contributed by atoms with Crippen molar-refractivity contribution in [3.8, 4) is 17.2 Å². The molecule has 3 aromatic rings. The number of benzene rings is 3. The van der Waals surface area contributed by atoms with Gasteiger partial charge in [-0.3, -0.25) is 4.79 Å². The van der Waals surface area contributed by atoms with E-state index in [2.05, 4.69) is 5.32 Å². The Labute approximate surface area is 217 Å². The van der Waals surface area contributed by atoms with Crippen LogP contribution in [-0.2, 0) is 19.1 Å². The molecule has 11 nitrogen and oxygen atoms in total. The monoisotopic (exact) mass is 523 g/mol. The summed E-state index contributed by atoms with van der Waals surface area (Å²) in [5.74, 6) is -3.70. The summed E-state index contributed by atoms with van der Waals surface area (Å²) < 4.78 is 25.7. The highest BCUT2D eigenvalue weighted by atomic mass is 16.6. The fourth-order valence-electron chi connectivity index (χ4n) is 3.25. The average Bonchev–Trinajstić information content (AvgIpc) is 2.94. The van der Waals surface area contributed by atoms with Crippen molar-refractivity contribution in [2.75, 3.05) is 26.6 Å². The van der Waals surface area contributed by atoms with Crippen LogP contribution in [0.15, 0.2) is 72.8 Å². The number of aliphatic carboxylic acids is 1. The number of hydrogen-bond donors (Lipinski definition) is 2. The summed E-state index contributed by atoms with van der Waals surface area (Å²) in [6, 6.07) is 17.7. The molecule has 0 bridgehead atoms. The highest BCUT2D eigenvalue weighted by Gasteiger charge is 2.41. The molecule has 0 saturated carbocycles.